The summed E-state index contributed by atoms with van der Waals surface area (Å²) in [7, 11) is 2.08. The minimum Gasteiger partial charge on any atom is -0.378 e. The van der Waals surface area contributed by atoms with E-state index in [1.54, 1.807) is 0 Å². The van der Waals surface area contributed by atoms with Crippen LogP contribution < -0.4 is 4.90 Å². The van der Waals surface area contributed by atoms with Gasteiger partial charge in [-0.2, -0.15) is 4.98 Å². The molecule has 1 aromatic heterocycles. The molecule has 0 amide bonds. The van der Waals surface area contributed by atoms with Crippen LogP contribution in [0.15, 0.2) is 53.1 Å². The van der Waals surface area contributed by atoms with E-state index in [1.807, 2.05) is 0 Å². The van der Waals surface area contributed by atoms with E-state index in [-0.39, 0.29) is 0 Å². The molecular weight excluding hydrogens is 376 g/mol. The van der Waals surface area contributed by atoms with E-state index in [0.717, 1.165) is 38.4 Å². The van der Waals surface area contributed by atoms with Gasteiger partial charge in [0.05, 0.1) is 19.8 Å². The van der Waals surface area contributed by atoms with Crippen molar-refractivity contribution in [2.24, 2.45) is 0 Å². The lowest BCUT2D eigenvalue weighted by molar-refractivity contribution is 0.122. The van der Waals surface area contributed by atoms with Crippen LogP contribution in [0.3, 0.4) is 0 Å². The van der Waals surface area contributed by atoms with Gasteiger partial charge in [0.2, 0.25) is 11.7 Å². The number of morpholine rings is 1. The number of anilines is 1. The Hall–Kier alpha value is -2.70. The first-order valence-corrected chi connectivity index (χ1v) is 10.6. The summed E-state index contributed by atoms with van der Waals surface area (Å²) in [4.78, 5) is 9.21. The molecule has 0 atom stereocenters. The summed E-state index contributed by atoms with van der Waals surface area (Å²) in [6, 6.07) is 17.0. The summed E-state index contributed by atoms with van der Waals surface area (Å²) >= 11 is 0. The normalized spacial score (nSPS) is 14.6. The van der Waals surface area contributed by atoms with Crippen molar-refractivity contribution in [2.45, 2.75) is 32.9 Å². The molecule has 6 nitrogen and oxygen atoms in total. The second-order valence-electron chi connectivity index (χ2n) is 8.19. The van der Waals surface area contributed by atoms with Gasteiger partial charge in [-0.3, -0.25) is 4.90 Å². The fraction of sp³-hybridized carbons (Fsp3) is 0.417. The zero-order chi connectivity index (χ0) is 20.9. The first-order chi connectivity index (χ1) is 14.6. The Labute approximate surface area is 178 Å². The number of rotatable bonds is 7. The highest BCUT2D eigenvalue weighted by atomic mass is 16.5. The van der Waals surface area contributed by atoms with Crippen molar-refractivity contribution >= 4 is 5.69 Å². The topological polar surface area (TPSA) is 54.6 Å². The Kier molecular flexibility index (Phi) is 6.45. The number of benzene rings is 2. The van der Waals surface area contributed by atoms with E-state index < -0.39 is 0 Å². The van der Waals surface area contributed by atoms with Gasteiger partial charge in [-0.25, -0.2) is 0 Å². The van der Waals surface area contributed by atoms with Crippen LogP contribution in [0.2, 0.25) is 0 Å². The highest BCUT2D eigenvalue weighted by Crippen LogP contribution is 2.24. The maximum Gasteiger partial charge on any atom is 0.241 e. The molecule has 0 unspecified atom stereocenters. The molecule has 158 valence electrons. The van der Waals surface area contributed by atoms with Crippen molar-refractivity contribution < 1.29 is 9.26 Å². The fourth-order valence-electron chi connectivity index (χ4n) is 3.79. The van der Waals surface area contributed by atoms with Crippen LogP contribution in [0.4, 0.5) is 5.69 Å². The van der Waals surface area contributed by atoms with Gasteiger partial charge in [0.25, 0.3) is 0 Å². The van der Waals surface area contributed by atoms with Crippen LogP contribution >= 0.6 is 0 Å². The number of ether oxygens (including phenoxy) is 1. The van der Waals surface area contributed by atoms with Crippen molar-refractivity contribution in [3.8, 4) is 11.4 Å². The van der Waals surface area contributed by atoms with Gasteiger partial charge < -0.3 is 14.2 Å². The maximum absolute atomic E-state index is 5.52. The Balaban J connectivity index is 1.41. The third-order valence-electron chi connectivity index (χ3n) is 5.49. The predicted octanol–water partition coefficient (Wildman–Crippen LogP) is 4.33. The Morgan fingerprint density at radius 2 is 1.73 bits per heavy atom. The van der Waals surface area contributed by atoms with Crippen molar-refractivity contribution in [3.05, 3.63) is 65.5 Å². The predicted molar refractivity (Wildman–Crippen MR) is 118 cm³/mol. The molecule has 1 fully saturated rings. The lowest BCUT2D eigenvalue weighted by Gasteiger charge is -2.31. The van der Waals surface area contributed by atoms with Crippen LogP contribution in [0.5, 0.6) is 0 Å². The third-order valence-corrected chi connectivity index (χ3v) is 5.49. The molecule has 0 radical (unpaired) electrons. The average Bonchev–Trinajstić information content (AvgIpc) is 3.23. The first kappa shape index (κ1) is 20.6. The molecule has 1 aliphatic heterocycles. The van der Waals surface area contributed by atoms with Crippen molar-refractivity contribution in [1.82, 2.24) is 15.0 Å². The van der Waals surface area contributed by atoms with Gasteiger partial charge in [-0.05, 0) is 30.2 Å². The molecule has 30 heavy (non-hydrogen) atoms. The van der Waals surface area contributed by atoms with Crippen LogP contribution in [0.25, 0.3) is 11.4 Å². The van der Waals surface area contributed by atoms with Gasteiger partial charge in [0.1, 0.15) is 0 Å². The Bertz CT molecular complexity index is 946. The number of hydrogen-bond donors (Lipinski definition) is 0. The molecule has 0 saturated carbocycles. The molecule has 1 aliphatic rings. The number of aromatic nitrogens is 2. The van der Waals surface area contributed by atoms with Crippen molar-refractivity contribution in [2.75, 3.05) is 38.3 Å². The smallest absolute Gasteiger partial charge is 0.241 e. The minimum absolute atomic E-state index is 0.508. The maximum atomic E-state index is 5.52. The summed E-state index contributed by atoms with van der Waals surface area (Å²) in [5.41, 5.74) is 4.87. The average molecular weight is 407 g/mol. The highest BCUT2D eigenvalue weighted by molar-refractivity contribution is 5.55. The van der Waals surface area contributed by atoms with Crippen LogP contribution in [-0.4, -0.2) is 48.4 Å². The van der Waals surface area contributed by atoms with Crippen molar-refractivity contribution in [1.29, 1.82) is 0 Å². The van der Waals surface area contributed by atoms with E-state index in [9.17, 15) is 0 Å². The van der Waals surface area contributed by atoms with Gasteiger partial charge >= 0.3 is 0 Å². The van der Waals surface area contributed by atoms with Gasteiger partial charge in [-0.15, -0.1) is 0 Å². The zero-order valence-corrected chi connectivity index (χ0v) is 18.0. The monoisotopic (exact) mass is 406 g/mol. The highest BCUT2D eigenvalue weighted by Gasteiger charge is 2.17. The molecule has 4 rings (SSSR count). The van der Waals surface area contributed by atoms with E-state index in [2.05, 4.69) is 89.4 Å². The molecule has 0 N–H and O–H groups in total. The minimum atomic E-state index is 0.508. The fourth-order valence-corrected chi connectivity index (χ4v) is 3.79. The number of hydrogen-bond acceptors (Lipinski definition) is 6. The summed E-state index contributed by atoms with van der Waals surface area (Å²) in [5.74, 6) is 1.78. The van der Waals surface area contributed by atoms with Crippen LogP contribution in [0, 0.1) is 0 Å². The summed E-state index contributed by atoms with van der Waals surface area (Å²) in [5, 5.41) is 4.18. The molecule has 2 aromatic carbocycles. The third kappa shape index (κ3) is 4.89. The molecule has 0 aliphatic carbocycles. The second kappa shape index (κ2) is 9.41. The van der Waals surface area contributed by atoms with Gasteiger partial charge in [-0.1, -0.05) is 61.5 Å². The van der Waals surface area contributed by atoms with Crippen LogP contribution in [-0.2, 0) is 17.8 Å². The quantitative estimate of drug-likeness (QED) is 0.582. The largest absolute Gasteiger partial charge is 0.378 e. The van der Waals surface area contributed by atoms with E-state index in [1.165, 1.54) is 16.8 Å². The summed E-state index contributed by atoms with van der Waals surface area (Å²) in [6.45, 7) is 9.23. The first-order valence-electron chi connectivity index (χ1n) is 10.6. The second-order valence-corrected chi connectivity index (χ2v) is 8.19. The standard InChI is InChI=1S/C24H30N4O2/c1-18(2)19-8-10-20(11-9-19)24-25-23(30-26-24)17-27(3)16-21-6-4-5-7-22(21)28-12-14-29-15-13-28/h4-11,18H,12-17H2,1-3H3. The summed E-state index contributed by atoms with van der Waals surface area (Å²) in [6.07, 6.45) is 0. The lowest BCUT2D eigenvalue weighted by Crippen LogP contribution is -2.37. The van der Waals surface area contributed by atoms with Crippen molar-refractivity contribution in [3.63, 3.8) is 0 Å². The van der Waals surface area contributed by atoms with E-state index in [0.29, 0.717) is 24.2 Å². The van der Waals surface area contributed by atoms with E-state index >= 15 is 0 Å². The Morgan fingerprint density at radius 1 is 1.00 bits per heavy atom. The Morgan fingerprint density at radius 3 is 2.47 bits per heavy atom. The van der Waals surface area contributed by atoms with Gasteiger partial charge in [0.15, 0.2) is 0 Å². The molecule has 0 bridgehead atoms. The SMILES string of the molecule is CC(C)c1ccc(-c2noc(CN(C)Cc3ccccc3N3CCOCC3)n2)cc1. The number of para-hydroxylation sites is 1. The molecular formula is C24H30N4O2. The van der Waals surface area contributed by atoms with Gasteiger partial charge in [0, 0.05) is 30.9 Å². The lowest BCUT2D eigenvalue weighted by atomic mass is 10.0. The number of nitrogens with zero attached hydrogens (tertiary/aromatic N) is 4. The van der Waals surface area contributed by atoms with Crippen LogP contribution in [0.1, 0.15) is 36.8 Å². The molecule has 0 spiro atoms. The molecule has 1 saturated heterocycles. The zero-order valence-electron chi connectivity index (χ0n) is 18.0. The molecule has 3 aromatic rings. The van der Waals surface area contributed by atoms with E-state index in [4.69, 9.17) is 9.26 Å². The molecule has 2 heterocycles. The summed E-state index contributed by atoms with van der Waals surface area (Å²) < 4.78 is 11.0. The molecule has 6 heteroatoms.